The van der Waals surface area contributed by atoms with Gasteiger partial charge in [-0.2, -0.15) is 4.98 Å². The second-order valence-electron chi connectivity index (χ2n) is 5.65. The van der Waals surface area contributed by atoms with Crippen LogP contribution >= 0.6 is 0 Å². The molecule has 1 aliphatic carbocycles. The molecule has 1 aromatic carbocycles. The number of hydrogen-bond donors (Lipinski definition) is 2. The molecule has 1 aromatic heterocycles. The number of benzene rings is 1. The summed E-state index contributed by atoms with van der Waals surface area (Å²) in [7, 11) is 0. The fourth-order valence-electron chi connectivity index (χ4n) is 2.72. The van der Waals surface area contributed by atoms with Gasteiger partial charge in [0, 0.05) is 6.04 Å². The standard InChI is InChI=1S/C16H19FN4O2/c17-13-9-5-4-8-12(13)15-20-14(23-21-15)10-18-16(22)19-11-6-2-1-3-7-11/h4-5,8-9,11H,1-3,6-7,10H2,(H2,18,19,22). The number of rotatable bonds is 4. The number of urea groups is 1. The number of nitrogens with one attached hydrogen (secondary N) is 2. The number of nitrogens with zero attached hydrogens (tertiary/aromatic N) is 2. The van der Waals surface area contributed by atoms with E-state index in [4.69, 9.17) is 4.52 Å². The fourth-order valence-corrected chi connectivity index (χ4v) is 2.72. The molecule has 2 amide bonds. The van der Waals surface area contributed by atoms with Crippen molar-refractivity contribution in [2.45, 2.75) is 44.7 Å². The molecule has 0 saturated heterocycles. The summed E-state index contributed by atoms with van der Waals surface area (Å²) >= 11 is 0. The lowest BCUT2D eigenvalue weighted by Crippen LogP contribution is -2.42. The molecule has 2 aromatic rings. The van der Waals surface area contributed by atoms with Crippen LogP contribution in [0, 0.1) is 5.82 Å². The summed E-state index contributed by atoms with van der Waals surface area (Å²) in [6, 6.07) is 6.19. The maximum atomic E-state index is 13.7. The first kappa shape index (κ1) is 15.5. The zero-order valence-electron chi connectivity index (χ0n) is 12.7. The third-order valence-electron chi connectivity index (χ3n) is 3.92. The third-order valence-corrected chi connectivity index (χ3v) is 3.92. The zero-order chi connectivity index (χ0) is 16.1. The van der Waals surface area contributed by atoms with E-state index >= 15 is 0 Å². The molecular formula is C16H19FN4O2. The normalized spacial score (nSPS) is 15.3. The molecule has 3 rings (SSSR count). The van der Waals surface area contributed by atoms with Crippen LogP contribution in [0.4, 0.5) is 9.18 Å². The Bertz CT molecular complexity index is 668. The minimum absolute atomic E-state index is 0.111. The molecule has 1 fully saturated rings. The number of carbonyl (C=O) groups excluding carboxylic acids is 1. The van der Waals surface area contributed by atoms with E-state index in [1.165, 1.54) is 12.5 Å². The first-order chi connectivity index (χ1) is 11.2. The van der Waals surface area contributed by atoms with Crippen LogP contribution in [0.25, 0.3) is 11.4 Å². The molecular weight excluding hydrogens is 299 g/mol. The molecule has 2 N–H and O–H groups in total. The highest BCUT2D eigenvalue weighted by molar-refractivity contribution is 5.74. The van der Waals surface area contributed by atoms with Crippen molar-refractivity contribution in [1.29, 1.82) is 0 Å². The Morgan fingerprint density at radius 3 is 2.83 bits per heavy atom. The Labute approximate surface area is 133 Å². The lowest BCUT2D eigenvalue weighted by molar-refractivity contribution is 0.230. The van der Waals surface area contributed by atoms with Gasteiger partial charge in [0.2, 0.25) is 11.7 Å². The Kier molecular flexibility index (Phi) is 4.85. The van der Waals surface area contributed by atoms with Crippen LogP contribution in [0.1, 0.15) is 38.0 Å². The zero-order valence-corrected chi connectivity index (χ0v) is 12.7. The van der Waals surface area contributed by atoms with Gasteiger partial charge in [-0.3, -0.25) is 0 Å². The van der Waals surface area contributed by atoms with E-state index in [1.54, 1.807) is 18.2 Å². The van der Waals surface area contributed by atoms with Crippen molar-refractivity contribution in [2.75, 3.05) is 0 Å². The summed E-state index contributed by atoms with van der Waals surface area (Å²) in [6.45, 7) is 0.111. The van der Waals surface area contributed by atoms with Gasteiger partial charge in [-0.15, -0.1) is 0 Å². The molecule has 0 radical (unpaired) electrons. The molecule has 0 spiro atoms. The maximum absolute atomic E-state index is 13.7. The predicted molar refractivity (Wildman–Crippen MR) is 81.9 cm³/mol. The molecule has 1 aliphatic rings. The van der Waals surface area contributed by atoms with Crippen LogP contribution in [-0.4, -0.2) is 22.2 Å². The van der Waals surface area contributed by atoms with E-state index in [0.717, 1.165) is 25.7 Å². The fraction of sp³-hybridized carbons (Fsp3) is 0.438. The topological polar surface area (TPSA) is 80.1 Å². The van der Waals surface area contributed by atoms with E-state index in [0.29, 0.717) is 0 Å². The molecule has 0 aliphatic heterocycles. The van der Waals surface area contributed by atoms with Gasteiger partial charge in [-0.05, 0) is 25.0 Å². The second kappa shape index (κ2) is 7.21. The lowest BCUT2D eigenvalue weighted by Gasteiger charge is -2.22. The molecule has 0 atom stereocenters. The molecule has 0 bridgehead atoms. The van der Waals surface area contributed by atoms with Crippen molar-refractivity contribution in [1.82, 2.24) is 20.8 Å². The average molecular weight is 318 g/mol. The predicted octanol–water partition coefficient (Wildman–Crippen LogP) is 3.01. The van der Waals surface area contributed by atoms with E-state index in [9.17, 15) is 9.18 Å². The minimum atomic E-state index is -0.414. The highest BCUT2D eigenvalue weighted by atomic mass is 19.1. The minimum Gasteiger partial charge on any atom is -0.337 e. The summed E-state index contributed by atoms with van der Waals surface area (Å²) in [6.07, 6.45) is 5.58. The Balaban J connectivity index is 1.53. The summed E-state index contributed by atoms with van der Waals surface area (Å²) in [4.78, 5) is 15.9. The molecule has 6 nitrogen and oxygen atoms in total. The van der Waals surface area contributed by atoms with Crippen molar-refractivity contribution in [3.63, 3.8) is 0 Å². The van der Waals surface area contributed by atoms with Crippen molar-refractivity contribution in [3.05, 3.63) is 36.0 Å². The van der Waals surface area contributed by atoms with Crippen molar-refractivity contribution in [2.24, 2.45) is 0 Å². The Hall–Kier alpha value is -2.44. The number of hydrogen-bond acceptors (Lipinski definition) is 4. The second-order valence-corrected chi connectivity index (χ2v) is 5.65. The van der Waals surface area contributed by atoms with Gasteiger partial charge in [-0.1, -0.05) is 36.6 Å². The van der Waals surface area contributed by atoms with Crippen LogP contribution < -0.4 is 10.6 Å². The maximum Gasteiger partial charge on any atom is 0.315 e. The largest absolute Gasteiger partial charge is 0.337 e. The smallest absolute Gasteiger partial charge is 0.315 e. The van der Waals surface area contributed by atoms with Crippen LogP contribution in [-0.2, 0) is 6.54 Å². The number of aromatic nitrogens is 2. The number of halogens is 1. The first-order valence-corrected chi connectivity index (χ1v) is 7.84. The Morgan fingerprint density at radius 1 is 1.26 bits per heavy atom. The molecule has 7 heteroatoms. The molecule has 23 heavy (non-hydrogen) atoms. The van der Waals surface area contributed by atoms with Gasteiger partial charge in [-0.25, -0.2) is 9.18 Å². The number of carbonyl (C=O) groups is 1. The SMILES string of the molecule is O=C(NCc1nc(-c2ccccc2F)no1)NC1CCCCC1. The van der Waals surface area contributed by atoms with Crippen LogP contribution in [0.3, 0.4) is 0 Å². The van der Waals surface area contributed by atoms with Gasteiger partial charge >= 0.3 is 6.03 Å². The molecule has 122 valence electrons. The van der Waals surface area contributed by atoms with Crippen molar-refractivity contribution < 1.29 is 13.7 Å². The van der Waals surface area contributed by atoms with Gasteiger partial charge in [0.25, 0.3) is 0 Å². The van der Waals surface area contributed by atoms with Crippen LogP contribution in [0.2, 0.25) is 0 Å². The summed E-state index contributed by atoms with van der Waals surface area (Å²) in [5.41, 5.74) is 0.272. The van der Waals surface area contributed by atoms with E-state index in [2.05, 4.69) is 20.8 Å². The average Bonchev–Trinajstić information content (AvgIpc) is 3.03. The Morgan fingerprint density at radius 2 is 2.04 bits per heavy atom. The quantitative estimate of drug-likeness (QED) is 0.908. The third kappa shape index (κ3) is 4.06. The van der Waals surface area contributed by atoms with E-state index in [1.807, 2.05) is 0 Å². The van der Waals surface area contributed by atoms with E-state index < -0.39 is 5.82 Å². The summed E-state index contributed by atoms with van der Waals surface area (Å²) < 4.78 is 18.7. The van der Waals surface area contributed by atoms with Crippen molar-refractivity contribution >= 4 is 6.03 Å². The highest BCUT2D eigenvalue weighted by Gasteiger charge is 2.16. The molecule has 1 heterocycles. The van der Waals surface area contributed by atoms with E-state index in [-0.39, 0.29) is 35.9 Å². The van der Waals surface area contributed by atoms with Crippen LogP contribution in [0.5, 0.6) is 0 Å². The summed E-state index contributed by atoms with van der Waals surface area (Å²) in [5.74, 6) is -0.00233. The monoisotopic (exact) mass is 318 g/mol. The first-order valence-electron chi connectivity index (χ1n) is 7.84. The summed E-state index contributed by atoms with van der Waals surface area (Å²) in [5, 5.41) is 9.37. The van der Waals surface area contributed by atoms with Gasteiger partial charge in [0.1, 0.15) is 5.82 Å². The van der Waals surface area contributed by atoms with Crippen LogP contribution in [0.15, 0.2) is 28.8 Å². The van der Waals surface area contributed by atoms with Gasteiger partial charge < -0.3 is 15.2 Å². The van der Waals surface area contributed by atoms with Crippen molar-refractivity contribution in [3.8, 4) is 11.4 Å². The highest BCUT2D eigenvalue weighted by Crippen LogP contribution is 2.19. The molecule has 0 unspecified atom stereocenters. The van der Waals surface area contributed by atoms with Gasteiger partial charge in [0.15, 0.2) is 0 Å². The number of amides is 2. The van der Waals surface area contributed by atoms with Gasteiger partial charge in [0.05, 0.1) is 12.1 Å². The molecule has 1 saturated carbocycles. The lowest BCUT2D eigenvalue weighted by atomic mass is 9.96.